The standard InChI is InChI=1S/C27H36N4O4S2/c1-2-13-29-18-12-22-23(19-29)36-26(24(22)27(33)30-14-4-3-5-15-30)28-25(32)20-8-10-21(11-9-20)37(34,35)31-16-6-7-17-31/h8-11H,2-7,12-19H2,1H3,(H,28,32). The smallest absolute Gasteiger partial charge is 0.257 e. The zero-order valence-electron chi connectivity index (χ0n) is 21.5. The Bertz CT molecular complexity index is 1240. The molecule has 0 bridgehead atoms. The fraction of sp³-hybridized carbons (Fsp3) is 0.556. The minimum absolute atomic E-state index is 0.0171. The zero-order valence-corrected chi connectivity index (χ0v) is 23.1. The number of fused-ring (bicyclic) bond motifs is 1. The number of amides is 2. The van der Waals surface area contributed by atoms with Gasteiger partial charge in [0.25, 0.3) is 11.8 Å². The van der Waals surface area contributed by atoms with Crippen LogP contribution in [0.2, 0.25) is 0 Å². The molecule has 1 N–H and O–H groups in total. The van der Waals surface area contributed by atoms with E-state index in [-0.39, 0.29) is 16.7 Å². The number of sulfonamides is 1. The molecule has 0 atom stereocenters. The van der Waals surface area contributed by atoms with E-state index in [2.05, 4.69) is 17.1 Å². The summed E-state index contributed by atoms with van der Waals surface area (Å²) in [4.78, 5) is 32.6. The molecule has 200 valence electrons. The molecule has 3 aliphatic rings. The van der Waals surface area contributed by atoms with Crippen LogP contribution in [0, 0.1) is 0 Å². The Kier molecular flexibility index (Phi) is 7.99. The fourth-order valence-electron chi connectivity index (χ4n) is 5.56. The van der Waals surface area contributed by atoms with Crippen molar-refractivity contribution < 1.29 is 18.0 Å². The lowest BCUT2D eigenvalue weighted by Crippen LogP contribution is -2.37. The number of hydrogen-bond donors (Lipinski definition) is 1. The van der Waals surface area contributed by atoms with Crippen molar-refractivity contribution in [2.45, 2.75) is 63.3 Å². The summed E-state index contributed by atoms with van der Waals surface area (Å²) in [5.41, 5.74) is 2.10. The Morgan fingerprint density at radius 3 is 2.30 bits per heavy atom. The second-order valence-corrected chi connectivity index (χ2v) is 13.2. The van der Waals surface area contributed by atoms with Crippen molar-refractivity contribution in [2.75, 3.05) is 44.6 Å². The Hall–Kier alpha value is -2.27. The van der Waals surface area contributed by atoms with Crippen LogP contribution < -0.4 is 5.32 Å². The summed E-state index contributed by atoms with van der Waals surface area (Å²) in [7, 11) is -3.53. The van der Waals surface area contributed by atoms with Gasteiger partial charge in [0, 0.05) is 49.7 Å². The van der Waals surface area contributed by atoms with Gasteiger partial charge in [-0.1, -0.05) is 6.92 Å². The molecular weight excluding hydrogens is 508 g/mol. The number of likely N-dealkylation sites (tertiary alicyclic amines) is 1. The average Bonchev–Trinajstić information content (AvgIpc) is 3.58. The Labute approximate surface area is 223 Å². The molecule has 2 amide bonds. The summed E-state index contributed by atoms with van der Waals surface area (Å²) in [5, 5.41) is 3.63. The highest BCUT2D eigenvalue weighted by atomic mass is 32.2. The molecule has 1 aromatic heterocycles. The van der Waals surface area contributed by atoms with Gasteiger partial charge in [0.15, 0.2) is 0 Å². The van der Waals surface area contributed by atoms with Gasteiger partial charge >= 0.3 is 0 Å². The maximum Gasteiger partial charge on any atom is 0.257 e. The highest BCUT2D eigenvalue weighted by molar-refractivity contribution is 7.89. The Morgan fingerprint density at radius 1 is 0.946 bits per heavy atom. The monoisotopic (exact) mass is 544 g/mol. The lowest BCUT2D eigenvalue weighted by molar-refractivity contribution is 0.0724. The first-order valence-corrected chi connectivity index (χ1v) is 15.7. The number of hydrogen-bond acceptors (Lipinski definition) is 6. The van der Waals surface area contributed by atoms with Gasteiger partial charge in [0.2, 0.25) is 10.0 Å². The van der Waals surface area contributed by atoms with Gasteiger partial charge in [-0.2, -0.15) is 4.31 Å². The second kappa shape index (κ2) is 11.2. The quantitative estimate of drug-likeness (QED) is 0.565. The molecule has 0 unspecified atom stereocenters. The molecule has 0 radical (unpaired) electrons. The molecule has 1 aromatic carbocycles. The minimum Gasteiger partial charge on any atom is -0.339 e. The number of thiophene rings is 1. The predicted molar refractivity (Wildman–Crippen MR) is 146 cm³/mol. The molecule has 8 nitrogen and oxygen atoms in total. The maximum atomic E-state index is 13.7. The number of benzene rings is 1. The van der Waals surface area contributed by atoms with Crippen LogP contribution in [0.15, 0.2) is 29.2 Å². The SMILES string of the molecule is CCCN1CCc2c(sc(NC(=O)c3ccc(S(=O)(=O)N4CCCC4)cc3)c2C(=O)N2CCCCC2)C1. The van der Waals surface area contributed by atoms with Crippen molar-refractivity contribution in [3.63, 3.8) is 0 Å². The molecule has 2 aromatic rings. The molecule has 0 aliphatic carbocycles. The third-order valence-corrected chi connectivity index (χ3v) is 10.6. The van der Waals surface area contributed by atoms with Crippen molar-refractivity contribution in [1.29, 1.82) is 0 Å². The summed E-state index contributed by atoms with van der Waals surface area (Å²) >= 11 is 1.51. The van der Waals surface area contributed by atoms with Gasteiger partial charge in [-0.3, -0.25) is 14.5 Å². The normalized spacial score (nSPS) is 19.1. The molecule has 37 heavy (non-hydrogen) atoms. The van der Waals surface area contributed by atoms with E-state index >= 15 is 0 Å². The third-order valence-electron chi connectivity index (χ3n) is 7.58. The first-order valence-electron chi connectivity index (χ1n) is 13.5. The summed E-state index contributed by atoms with van der Waals surface area (Å²) in [6, 6.07) is 6.12. The maximum absolute atomic E-state index is 13.7. The van der Waals surface area contributed by atoms with E-state index < -0.39 is 10.0 Å². The molecular formula is C27H36N4O4S2. The summed E-state index contributed by atoms with van der Waals surface area (Å²) < 4.78 is 27.2. The summed E-state index contributed by atoms with van der Waals surface area (Å²) in [6.45, 7) is 7.49. The number of anilines is 1. The van der Waals surface area contributed by atoms with E-state index in [1.54, 1.807) is 12.1 Å². The molecule has 3 aliphatic heterocycles. The first kappa shape index (κ1) is 26.3. The van der Waals surface area contributed by atoms with Crippen LogP contribution >= 0.6 is 11.3 Å². The number of carbonyl (C=O) groups is 2. The molecule has 0 saturated carbocycles. The summed E-state index contributed by atoms with van der Waals surface area (Å²) in [5.74, 6) is -0.315. The van der Waals surface area contributed by atoms with Crippen molar-refractivity contribution in [3.05, 3.63) is 45.8 Å². The predicted octanol–water partition coefficient (Wildman–Crippen LogP) is 4.18. The molecule has 2 saturated heterocycles. The van der Waals surface area contributed by atoms with Crippen LogP contribution in [-0.2, 0) is 23.0 Å². The van der Waals surface area contributed by atoms with Crippen LogP contribution in [-0.4, -0.2) is 73.6 Å². The van der Waals surface area contributed by atoms with Gasteiger partial charge in [0.1, 0.15) is 5.00 Å². The third kappa shape index (κ3) is 5.48. The van der Waals surface area contributed by atoms with Crippen LogP contribution in [0.3, 0.4) is 0 Å². The number of piperidine rings is 1. The lowest BCUT2D eigenvalue weighted by atomic mass is 10.0. The minimum atomic E-state index is -3.53. The van der Waals surface area contributed by atoms with Gasteiger partial charge < -0.3 is 10.2 Å². The van der Waals surface area contributed by atoms with Gasteiger partial charge in [0.05, 0.1) is 10.5 Å². The van der Waals surface area contributed by atoms with Crippen LogP contribution in [0.25, 0.3) is 0 Å². The fourth-order valence-corrected chi connectivity index (χ4v) is 8.36. The number of nitrogens with zero attached hydrogens (tertiary/aromatic N) is 3. The van der Waals surface area contributed by atoms with E-state index in [1.165, 1.54) is 27.8 Å². The largest absolute Gasteiger partial charge is 0.339 e. The highest BCUT2D eigenvalue weighted by Gasteiger charge is 2.32. The van der Waals surface area contributed by atoms with Crippen molar-refractivity contribution in [2.24, 2.45) is 0 Å². The number of rotatable bonds is 7. The second-order valence-electron chi connectivity index (χ2n) is 10.2. The van der Waals surface area contributed by atoms with Crippen LogP contribution in [0.1, 0.15) is 76.6 Å². The van der Waals surface area contributed by atoms with E-state index in [0.29, 0.717) is 29.2 Å². The zero-order chi connectivity index (χ0) is 26.0. The van der Waals surface area contributed by atoms with Gasteiger partial charge in [-0.15, -0.1) is 11.3 Å². The molecule has 10 heteroatoms. The Morgan fingerprint density at radius 2 is 1.62 bits per heavy atom. The first-order chi connectivity index (χ1) is 17.9. The molecule has 5 rings (SSSR count). The van der Waals surface area contributed by atoms with E-state index in [9.17, 15) is 18.0 Å². The number of nitrogens with one attached hydrogen (secondary N) is 1. The van der Waals surface area contributed by atoms with Gasteiger partial charge in [-0.25, -0.2) is 8.42 Å². The lowest BCUT2D eigenvalue weighted by Gasteiger charge is -2.29. The Balaban J connectivity index is 1.39. The summed E-state index contributed by atoms with van der Waals surface area (Å²) in [6.07, 6.45) is 6.80. The highest BCUT2D eigenvalue weighted by Crippen LogP contribution is 2.38. The molecule has 0 spiro atoms. The molecule has 2 fully saturated rings. The van der Waals surface area contributed by atoms with Crippen molar-refractivity contribution in [3.8, 4) is 0 Å². The molecule has 4 heterocycles. The van der Waals surface area contributed by atoms with Crippen molar-refractivity contribution >= 4 is 38.2 Å². The van der Waals surface area contributed by atoms with E-state index in [4.69, 9.17) is 0 Å². The van der Waals surface area contributed by atoms with Crippen LogP contribution in [0.5, 0.6) is 0 Å². The van der Waals surface area contributed by atoms with E-state index in [1.807, 2.05) is 4.90 Å². The van der Waals surface area contributed by atoms with Gasteiger partial charge in [-0.05, 0) is 81.3 Å². The average molecular weight is 545 g/mol. The number of carbonyl (C=O) groups excluding carboxylic acids is 2. The topological polar surface area (TPSA) is 90.0 Å². The van der Waals surface area contributed by atoms with Crippen molar-refractivity contribution in [1.82, 2.24) is 14.1 Å². The van der Waals surface area contributed by atoms with E-state index in [0.717, 1.165) is 88.1 Å². The van der Waals surface area contributed by atoms with Crippen LogP contribution in [0.4, 0.5) is 5.00 Å².